The summed E-state index contributed by atoms with van der Waals surface area (Å²) in [4.78, 5) is 11.0. The molecule has 0 radical (unpaired) electrons. The molecule has 0 aliphatic heterocycles. The van der Waals surface area contributed by atoms with Gasteiger partial charge < -0.3 is 5.11 Å². The zero-order valence-corrected chi connectivity index (χ0v) is 9.19. The monoisotopic (exact) mass is 222 g/mol. The van der Waals surface area contributed by atoms with Crippen LogP contribution in [0.5, 0.6) is 0 Å². The van der Waals surface area contributed by atoms with Crippen molar-refractivity contribution in [2.45, 2.75) is 19.8 Å². The number of aliphatic carboxylic acids is 1. The van der Waals surface area contributed by atoms with Crippen LogP contribution >= 0.6 is 0 Å². The van der Waals surface area contributed by atoms with Crippen LogP contribution in [0, 0.1) is 11.7 Å². The molecule has 1 unspecified atom stereocenters. The van der Waals surface area contributed by atoms with Gasteiger partial charge in [-0.05, 0) is 37.5 Å². The molecule has 1 aromatic carbocycles. The zero-order chi connectivity index (χ0) is 12.0. The van der Waals surface area contributed by atoms with Crippen molar-refractivity contribution >= 4 is 5.97 Å². The number of hydrogen-bond acceptors (Lipinski definition) is 1. The summed E-state index contributed by atoms with van der Waals surface area (Å²) in [6.45, 7) is 1.86. The number of carbonyl (C=O) groups is 1. The molecular weight excluding hydrogens is 207 g/mol. The van der Waals surface area contributed by atoms with Gasteiger partial charge in [-0.15, -0.1) is 0 Å². The van der Waals surface area contributed by atoms with Gasteiger partial charge in [-0.2, -0.15) is 0 Å². The maximum absolute atomic E-state index is 12.7. The molecule has 3 heteroatoms. The molecule has 0 fully saturated rings. The van der Waals surface area contributed by atoms with E-state index in [0.29, 0.717) is 12.8 Å². The molecule has 16 heavy (non-hydrogen) atoms. The third kappa shape index (κ3) is 3.85. The van der Waals surface area contributed by atoms with Gasteiger partial charge in [-0.3, -0.25) is 4.79 Å². The second-order valence-electron chi connectivity index (χ2n) is 3.67. The first kappa shape index (κ1) is 12.4. The average molecular weight is 222 g/mol. The Morgan fingerprint density at radius 2 is 2.06 bits per heavy atom. The maximum atomic E-state index is 12.7. The summed E-state index contributed by atoms with van der Waals surface area (Å²) in [7, 11) is 0. The quantitative estimate of drug-likeness (QED) is 0.777. The molecule has 0 aromatic heterocycles. The number of benzene rings is 1. The summed E-state index contributed by atoms with van der Waals surface area (Å²) >= 11 is 0. The molecular formula is C13H15FO2. The summed E-state index contributed by atoms with van der Waals surface area (Å²) in [5.74, 6) is -1.56. The fourth-order valence-corrected chi connectivity index (χ4v) is 1.48. The largest absolute Gasteiger partial charge is 0.481 e. The molecule has 86 valence electrons. The van der Waals surface area contributed by atoms with Crippen LogP contribution in [0.4, 0.5) is 4.39 Å². The summed E-state index contributed by atoms with van der Waals surface area (Å²) in [5.41, 5.74) is 0.846. The third-order valence-electron chi connectivity index (χ3n) is 2.40. The van der Waals surface area contributed by atoms with Crippen molar-refractivity contribution in [3.8, 4) is 0 Å². The summed E-state index contributed by atoms with van der Waals surface area (Å²) in [6, 6.07) is 5.95. The van der Waals surface area contributed by atoms with E-state index in [2.05, 4.69) is 0 Å². The highest BCUT2D eigenvalue weighted by atomic mass is 19.1. The molecule has 0 spiro atoms. The number of rotatable bonds is 5. The molecule has 0 aliphatic rings. The smallest absolute Gasteiger partial charge is 0.307 e. The number of carboxylic acids is 1. The van der Waals surface area contributed by atoms with Gasteiger partial charge >= 0.3 is 5.97 Å². The minimum Gasteiger partial charge on any atom is -0.481 e. The number of hydrogen-bond donors (Lipinski definition) is 1. The number of carboxylic acid groups (broad SMARTS) is 1. The molecule has 0 aliphatic carbocycles. The zero-order valence-electron chi connectivity index (χ0n) is 9.19. The molecule has 1 atom stereocenters. The molecule has 1 aromatic rings. The first-order valence-electron chi connectivity index (χ1n) is 5.22. The van der Waals surface area contributed by atoms with Gasteiger partial charge in [0.2, 0.25) is 0 Å². The Balaban J connectivity index is 2.67. The van der Waals surface area contributed by atoms with Crippen LogP contribution < -0.4 is 0 Å². The van der Waals surface area contributed by atoms with Crippen molar-refractivity contribution in [1.29, 1.82) is 0 Å². The van der Waals surface area contributed by atoms with E-state index in [0.717, 1.165) is 5.56 Å². The van der Waals surface area contributed by atoms with E-state index in [1.165, 1.54) is 12.1 Å². The Hall–Kier alpha value is -1.64. The number of halogens is 1. The van der Waals surface area contributed by atoms with Crippen LogP contribution in [0.2, 0.25) is 0 Å². The molecule has 1 N–H and O–H groups in total. The van der Waals surface area contributed by atoms with Gasteiger partial charge in [0, 0.05) is 0 Å². The van der Waals surface area contributed by atoms with Crippen LogP contribution in [0.1, 0.15) is 18.9 Å². The van der Waals surface area contributed by atoms with E-state index < -0.39 is 11.9 Å². The lowest BCUT2D eigenvalue weighted by Crippen LogP contribution is -2.15. The van der Waals surface area contributed by atoms with Crippen LogP contribution in [-0.4, -0.2) is 11.1 Å². The van der Waals surface area contributed by atoms with Crippen LogP contribution in [-0.2, 0) is 11.2 Å². The highest BCUT2D eigenvalue weighted by molar-refractivity contribution is 5.70. The van der Waals surface area contributed by atoms with Crippen LogP contribution in [0.15, 0.2) is 36.4 Å². The summed E-state index contributed by atoms with van der Waals surface area (Å²) in [5, 5.41) is 9.01. The van der Waals surface area contributed by atoms with Crippen LogP contribution in [0.25, 0.3) is 0 Å². The Bertz CT molecular complexity index is 368. The predicted octanol–water partition coefficient (Wildman–Crippen LogP) is 3.04. The molecule has 0 amide bonds. The van der Waals surface area contributed by atoms with Gasteiger partial charge in [0.05, 0.1) is 5.92 Å². The minimum atomic E-state index is -0.817. The van der Waals surface area contributed by atoms with Crippen molar-refractivity contribution in [3.05, 3.63) is 47.8 Å². The van der Waals surface area contributed by atoms with E-state index in [-0.39, 0.29) is 5.82 Å². The van der Waals surface area contributed by atoms with Crippen molar-refractivity contribution in [1.82, 2.24) is 0 Å². The first-order chi connectivity index (χ1) is 7.63. The Morgan fingerprint density at radius 3 is 2.56 bits per heavy atom. The van der Waals surface area contributed by atoms with E-state index in [9.17, 15) is 9.18 Å². The lowest BCUT2D eigenvalue weighted by atomic mass is 9.96. The average Bonchev–Trinajstić information content (AvgIpc) is 2.26. The molecule has 0 saturated heterocycles. The van der Waals surface area contributed by atoms with Gasteiger partial charge in [0.25, 0.3) is 0 Å². The lowest BCUT2D eigenvalue weighted by Gasteiger charge is -2.09. The molecule has 0 bridgehead atoms. The highest BCUT2D eigenvalue weighted by Gasteiger charge is 2.16. The topological polar surface area (TPSA) is 37.3 Å². The SMILES string of the molecule is CC=CCC(Cc1ccc(F)cc1)C(=O)O. The van der Waals surface area contributed by atoms with E-state index >= 15 is 0 Å². The predicted molar refractivity (Wildman–Crippen MR) is 60.7 cm³/mol. The molecule has 2 nitrogen and oxygen atoms in total. The highest BCUT2D eigenvalue weighted by Crippen LogP contribution is 2.14. The third-order valence-corrected chi connectivity index (χ3v) is 2.40. The van der Waals surface area contributed by atoms with E-state index in [1.807, 2.05) is 19.1 Å². The summed E-state index contributed by atoms with van der Waals surface area (Å²) in [6.07, 6.45) is 4.60. The van der Waals surface area contributed by atoms with Gasteiger partial charge in [0.1, 0.15) is 5.82 Å². The van der Waals surface area contributed by atoms with Crippen molar-refractivity contribution < 1.29 is 14.3 Å². The van der Waals surface area contributed by atoms with E-state index in [4.69, 9.17) is 5.11 Å². The van der Waals surface area contributed by atoms with Gasteiger partial charge in [0.15, 0.2) is 0 Å². The lowest BCUT2D eigenvalue weighted by molar-refractivity contribution is -0.141. The summed E-state index contributed by atoms with van der Waals surface area (Å²) < 4.78 is 12.7. The van der Waals surface area contributed by atoms with Crippen LogP contribution in [0.3, 0.4) is 0 Å². The van der Waals surface area contributed by atoms with Crippen molar-refractivity contribution in [2.24, 2.45) is 5.92 Å². The fourth-order valence-electron chi connectivity index (χ4n) is 1.48. The van der Waals surface area contributed by atoms with Crippen molar-refractivity contribution in [3.63, 3.8) is 0 Å². The molecule has 0 heterocycles. The fraction of sp³-hybridized carbons (Fsp3) is 0.308. The standard InChI is InChI=1S/C13H15FO2/c1-2-3-4-11(13(15)16)9-10-5-7-12(14)8-6-10/h2-3,5-8,11H,4,9H2,1H3,(H,15,16). The number of allylic oxidation sites excluding steroid dienone is 2. The molecule has 0 saturated carbocycles. The maximum Gasteiger partial charge on any atom is 0.307 e. The van der Waals surface area contributed by atoms with Gasteiger partial charge in [-0.25, -0.2) is 4.39 Å². The second kappa shape index (κ2) is 6.05. The Morgan fingerprint density at radius 1 is 1.44 bits per heavy atom. The molecule has 1 rings (SSSR count). The van der Waals surface area contributed by atoms with E-state index in [1.54, 1.807) is 12.1 Å². The van der Waals surface area contributed by atoms with Gasteiger partial charge in [-0.1, -0.05) is 24.3 Å². The second-order valence-corrected chi connectivity index (χ2v) is 3.67. The Labute approximate surface area is 94.4 Å². The first-order valence-corrected chi connectivity index (χ1v) is 5.22. The minimum absolute atomic E-state index is 0.302. The Kier molecular flexibility index (Phi) is 4.70. The van der Waals surface area contributed by atoms with Crippen molar-refractivity contribution in [2.75, 3.05) is 0 Å². The normalized spacial score (nSPS) is 12.9.